The molecule has 0 unspecified atom stereocenters. The van der Waals surface area contributed by atoms with Gasteiger partial charge in [0.1, 0.15) is 0 Å². The quantitative estimate of drug-likeness (QED) is 0.598. The van der Waals surface area contributed by atoms with Crippen molar-refractivity contribution in [3.05, 3.63) is 53.6 Å². The molecule has 1 aliphatic heterocycles. The molecule has 1 atom stereocenters. The molecule has 0 saturated heterocycles. The molecule has 1 heterocycles. The molecule has 0 saturated carbocycles. The Morgan fingerprint density at radius 3 is 2.55 bits per heavy atom. The van der Waals surface area contributed by atoms with Crippen LogP contribution in [0.5, 0.6) is 11.5 Å². The largest absolute Gasteiger partial charge is 0.490 e. The molecule has 1 amide bonds. The maximum atomic E-state index is 13.3. The molecule has 3 rings (SSSR count). The molecule has 1 aliphatic rings. The number of rotatable bonds is 8. The Morgan fingerprint density at radius 2 is 1.81 bits per heavy atom. The summed E-state index contributed by atoms with van der Waals surface area (Å²) in [6.07, 6.45) is 1.05. The summed E-state index contributed by atoms with van der Waals surface area (Å²) in [6.45, 7) is 2.66. The topological polar surface area (TPSA) is 93.7 Å². The third kappa shape index (κ3) is 6.14. The van der Waals surface area contributed by atoms with Gasteiger partial charge in [0, 0.05) is 25.5 Å². The third-order valence-electron chi connectivity index (χ3n) is 4.72. The lowest BCUT2D eigenvalue weighted by molar-refractivity contribution is -0.121. The number of nitrogens with one attached hydrogen (secondary N) is 2. The van der Waals surface area contributed by atoms with Crippen molar-refractivity contribution in [3.8, 4) is 11.5 Å². The number of fused-ring (bicyclic) bond motifs is 1. The van der Waals surface area contributed by atoms with Crippen LogP contribution in [0.3, 0.4) is 0 Å². The number of ether oxygens (including phenoxy) is 2. The molecule has 0 spiro atoms. The van der Waals surface area contributed by atoms with E-state index in [2.05, 4.69) is 10.0 Å². The van der Waals surface area contributed by atoms with Crippen LogP contribution in [0.1, 0.15) is 37.8 Å². The fourth-order valence-corrected chi connectivity index (χ4v) is 4.12. The third-order valence-corrected chi connectivity index (χ3v) is 6.18. The zero-order valence-corrected chi connectivity index (χ0v) is 17.8. The highest BCUT2D eigenvalue weighted by atomic mass is 32.2. The number of carbonyl (C=O) groups excluding carboxylic acids is 1. The van der Waals surface area contributed by atoms with Crippen LogP contribution in [-0.2, 0) is 14.8 Å². The molecule has 2 N–H and O–H groups in total. The van der Waals surface area contributed by atoms with Crippen molar-refractivity contribution in [2.75, 3.05) is 19.8 Å². The van der Waals surface area contributed by atoms with Gasteiger partial charge in [-0.3, -0.25) is 4.79 Å². The molecule has 7 nitrogen and oxygen atoms in total. The van der Waals surface area contributed by atoms with Gasteiger partial charge < -0.3 is 14.8 Å². The van der Waals surface area contributed by atoms with Crippen molar-refractivity contribution in [3.63, 3.8) is 0 Å². The second-order valence-electron chi connectivity index (χ2n) is 7.12. The van der Waals surface area contributed by atoms with E-state index >= 15 is 0 Å². The Hall–Kier alpha value is -2.72. The van der Waals surface area contributed by atoms with Crippen LogP contribution < -0.4 is 19.5 Å². The number of benzene rings is 2. The summed E-state index contributed by atoms with van der Waals surface area (Å²) in [7, 11) is -3.77. The molecule has 0 fully saturated rings. The van der Waals surface area contributed by atoms with Gasteiger partial charge in [-0.1, -0.05) is 6.07 Å². The van der Waals surface area contributed by atoms with Crippen LogP contribution in [0.15, 0.2) is 41.3 Å². The van der Waals surface area contributed by atoms with Crippen LogP contribution >= 0.6 is 0 Å². The first-order valence-electron chi connectivity index (χ1n) is 9.90. The van der Waals surface area contributed by atoms with Crippen LogP contribution in [0.2, 0.25) is 0 Å². The number of sulfonamides is 1. The summed E-state index contributed by atoms with van der Waals surface area (Å²) in [6, 6.07) is 7.33. The molecule has 0 radical (unpaired) electrons. The number of carbonyl (C=O) groups is 1. The Bertz CT molecular complexity index is 1050. The van der Waals surface area contributed by atoms with Crippen LogP contribution in [0, 0.1) is 11.6 Å². The maximum Gasteiger partial charge on any atom is 0.240 e. The number of amides is 1. The molecule has 168 valence electrons. The van der Waals surface area contributed by atoms with Crippen molar-refractivity contribution in [2.45, 2.75) is 37.1 Å². The zero-order chi connectivity index (χ0) is 22.4. The Morgan fingerprint density at radius 1 is 1.06 bits per heavy atom. The average molecular weight is 454 g/mol. The Labute approximate surface area is 179 Å². The number of hydrogen-bond acceptors (Lipinski definition) is 5. The minimum Gasteiger partial charge on any atom is -0.490 e. The maximum absolute atomic E-state index is 13.3. The second-order valence-corrected chi connectivity index (χ2v) is 8.89. The van der Waals surface area contributed by atoms with Crippen LogP contribution in [-0.4, -0.2) is 34.1 Å². The summed E-state index contributed by atoms with van der Waals surface area (Å²) >= 11 is 0. The lowest BCUT2D eigenvalue weighted by Crippen LogP contribution is -2.29. The van der Waals surface area contributed by atoms with Gasteiger partial charge in [-0.2, -0.15) is 0 Å². The zero-order valence-electron chi connectivity index (χ0n) is 17.0. The van der Waals surface area contributed by atoms with Crippen molar-refractivity contribution in [2.24, 2.45) is 0 Å². The summed E-state index contributed by atoms with van der Waals surface area (Å²) < 4.78 is 64.8. The Kier molecular flexibility index (Phi) is 7.45. The highest BCUT2D eigenvalue weighted by molar-refractivity contribution is 7.89. The first kappa shape index (κ1) is 23.0. The highest BCUT2D eigenvalue weighted by Gasteiger charge is 2.19. The van der Waals surface area contributed by atoms with Crippen molar-refractivity contribution >= 4 is 15.9 Å². The molecule has 10 heteroatoms. The van der Waals surface area contributed by atoms with Gasteiger partial charge >= 0.3 is 0 Å². The van der Waals surface area contributed by atoms with E-state index in [4.69, 9.17) is 9.47 Å². The van der Waals surface area contributed by atoms with E-state index in [0.717, 1.165) is 12.1 Å². The van der Waals surface area contributed by atoms with Gasteiger partial charge in [-0.25, -0.2) is 21.9 Å². The SMILES string of the molecule is C[C@@H](NC(=O)CCCNS(=O)(=O)c1ccc2c(c1)OCCCO2)c1ccc(F)c(F)c1. The molecule has 0 bridgehead atoms. The first-order chi connectivity index (χ1) is 14.8. The molecule has 2 aromatic carbocycles. The van der Waals surface area contributed by atoms with E-state index in [1.807, 2.05) is 0 Å². The van der Waals surface area contributed by atoms with Gasteiger partial charge in [-0.15, -0.1) is 0 Å². The average Bonchev–Trinajstić information content (AvgIpc) is 2.98. The summed E-state index contributed by atoms with van der Waals surface area (Å²) in [4.78, 5) is 12.1. The van der Waals surface area contributed by atoms with Crippen LogP contribution in [0.4, 0.5) is 8.78 Å². The van der Waals surface area contributed by atoms with E-state index in [9.17, 15) is 22.0 Å². The first-order valence-corrected chi connectivity index (χ1v) is 11.4. The van der Waals surface area contributed by atoms with Gasteiger partial charge in [0.2, 0.25) is 15.9 Å². The van der Waals surface area contributed by atoms with Crippen LogP contribution in [0.25, 0.3) is 0 Å². The lowest BCUT2D eigenvalue weighted by atomic mass is 10.1. The predicted molar refractivity (Wildman–Crippen MR) is 109 cm³/mol. The second kappa shape index (κ2) is 10.1. The minimum atomic E-state index is -3.77. The number of hydrogen-bond donors (Lipinski definition) is 2. The van der Waals surface area contributed by atoms with Crippen molar-refractivity contribution in [1.82, 2.24) is 10.0 Å². The van der Waals surface area contributed by atoms with E-state index in [1.54, 1.807) is 13.0 Å². The molecule has 2 aromatic rings. The standard InChI is InChI=1S/C21H24F2N2O5S/c1-14(15-5-7-17(22)18(23)12-15)25-21(26)4-2-9-24-31(27,28)16-6-8-19-20(13-16)30-11-3-10-29-19/h5-8,12-14,24H,2-4,9-11H2,1H3,(H,25,26)/t14-/m1/s1. The molecular formula is C21H24F2N2O5S. The highest BCUT2D eigenvalue weighted by Crippen LogP contribution is 2.31. The molecule has 0 aromatic heterocycles. The smallest absolute Gasteiger partial charge is 0.240 e. The van der Waals surface area contributed by atoms with Gasteiger partial charge in [0.15, 0.2) is 23.1 Å². The molecular weight excluding hydrogens is 430 g/mol. The normalized spacial score (nSPS) is 14.5. The predicted octanol–water partition coefficient (Wildman–Crippen LogP) is 3.06. The van der Waals surface area contributed by atoms with Crippen molar-refractivity contribution < 1.29 is 31.5 Å². The van der Waals surface area contributed by atoms with Crippen molar-refractivity contribution in [1.29, 1.82) is 0 Å². The van der Waals surface area contributed by atoms with E-state index < -0.39 is 27.7 Å². The van der Waals surface area contributed by atoms with Gasteiger partial charge in [-0.05, 0) is 43.2 Å². The van der Waals surface area contributed by atoms with Gasteiger partial charge in [0.25, 0.3) is 0 Å². The molecule has 0 aliphatic carbocycles. The number of halogens is 2. The van der Waals surface area contributed by atoms with E-state index in [-0.39, 0.29) is 30.2 Å². The van der Waals surface area contributed by atoms with E-state index in [1.165, 1.54) is 18.2 Å². The fourth-order valence-electron chi connectivity index (χ4n) is 3.03. The molecule has 31 heavy (non-hydrogen) atoms. The monoisotopic (exact) mass is 454 g/mol. The fraction of sp³-hybridized carbons (Fsp3) is 0.381. The summed E-state index contributed by atoms with van der Waals surface area (Å²) in [5.41, 5.74) is 0.433. The minimum absolute atomic E-state index is 0.0492. The summed E-state index contributed by atoms with van der Waals surface area (Å²) in [5, 5.41) is 2.68. The van der Waals surface area contributed by atoms with Gasteiger partial charge in [0.05, 0.1) is 24.2 Å². The lowest BCUT2D eigenvalue weighted by Gasteiger charge is -2.15. The Balaban J connectivity index is 1.47. The van der Waals surface area contributed by atoms with E-state index in [0.29, 0.717) is 36.7 Å². The summed E-state index contributed by atoms with van der Waals surface area (Å²) in [5.74, 6) is -1.38.